The Morgan fingerprint density at radius 1 is 1.26 bits per heavy atom. The second kappa shape index (κ2) is 8.15. The standard InChI is InChI=1S/C22H20N4O/c1-3-22(27)26-18-6-4-5-16(11-18)17-7-8-20-19(12-17)21(9-10-24-20)25-14-15(2)13-23/h3-12,15H,1,14H2,2H3,(H,24,25)(H,26,27). The van der Waals surface area contributed by atoms with E-state index in [0.717, 1.165) is 27.7 Å². The van der Waals surface area contributed by atoms with E-state index in [9.17, 15) is 4.79 Å². The highest BCUT2D eigenvalue weighted by molar-refractivity contribution is 5.99. The van der Waals surface area contributed by atoms with E-state index in [-0.39, 0.29) is 11.8 Å². The van der Waals surface area contributed by atoms with E-state index in [1.54, 1.807) is 6.20 Å². The smallest absolute Gasteiger partial charge is 0.247 e. The number of nitriles is 1. The molecule has 0 bridgehead atoms. The number of hydrogen-bond donors (Lipinski definition) is 2. The van der Waals surface area contributed by atoms with Gasteiger partial charge < -0.3 is 10.6 Å². The minimum absolute atomic E-state index is 0.0819. The molecular formula is C22H20N4O. The zero-order valence-electron chi connectivity index (χ0n) is 15.1. The van der Waals surface area contributed by atoms with Gasteiger partial charge >= 0.3 is 0 Å². The molecule has 5 nitrogen and oxygen atoms in total. The van der Waals surface area contributed by atoms with Crippen molar-refractivity contribution in [2.45, 2.75) is 6.92 Å². The van der Waals surface area contributed by atoms with Gasteiger partial charge in [-0.1, -0.05) is 24.8 Å². The van der Waals surface area contributed by atoms with Crippen molar-refractivity contribution >= 4 is 28.2 Å². The molecule has 0 aliphatic heterocycles. The van der Waals surface area contributed by atoms with Gasteiger partial charge in [0.05, 0.1) is 17.5 Å². The van der Waals surface area contributed by atoms with Crippen molar-refractivity contribution in [2.75, 3.05) is 17.2 Å². The number of rotatable bonds is 6. The van der Waals surface area contributed by atoms with E-state index in [2.05, 4.69) is 34.3 Å². The molecule has 0 spiro atoms. The number of aromatic nitrogens is 1. The summed E-state index contributed by atoms with van der Waals surface area (Å²) in [7, 11) is 0. The summed E-state index contributed by atoms with van der Waals surface area (Å²) >= 11 is 0. The molecular weight excluding hydrogens is 336 g/mol. The predicted octanol–water partition coefficient (Wildman–Crippen LogP) is 4.60. The molecule has 27 heavy (non-hydrogen) atoms. The van der Waals surface area contributed by atoms with Crippen LogP contribution in [0.2, 0.25) is 0 Å². The molecule has 0 radical (unpaired) electrons. The number of anilines is 2. The van der Waals surface area contributed by atoms with Crippen LogP contribution < -0.4 is 10.6 Å². The molecule has 0 aliphatic rings. The number of nitrogens with zero attached hydrogens (tertiary/aromatic N) is 2. The largest absolute Gasteiger partial charge is 0.383 e. The number of hydrogen-bond acceptors (Lipinski definition) is 4. The van der Waals surface area contributed by atoms with Crippen LogP contribution in [0, 0.1) is 17.2 Å². The Kier molecular flexibility index (Phi) is 5.48. The van der Waals surface area contributed by atoms with Gasteiger partial charge in [-0.3, -0.25) is 9.78 Å². The molecule has 2 N–H and O–H groups in total. The second-order valence-electron chi connectivity index (χ2n) is 6.28. The highest BCUT2D eigenvalue weighted by Gasteiger charge is 2.07. The summed E-state index contributed by atoms with van der Waals surface area (Å²) in [5.74, 6) is -0.325. The van der Waals surface area contributed by atoms with Gasteiger partial charge in [-0.25, -0.2) is 0 Å². The third-order valence-electron chi connectivity index (χ3n) is 4.21. The van der Waals surface area contributed by atoms with Gasteiger partial charge in [0.1, 0.15) is 0 Å². The molecule has 1 aromatic heterocycles. The number of amides is 1. The minimum Gasteiger partial charge on any atom is -0.383 e. The van der Waals surface area contributed by atoms with Gasteiger partial charge in [0.15, 0.2) is 0 Å². The summed E-state index contributed by atoms with van der Waals surface area (Å²) < 4.78 is 0. The molecule has 0 fully saturated rings. The van der Waals surface area contributed by atoms with E-state index >= 15 is 0 Å². The van der Waals surface area contributed by atoms with Crippen LogP contribution >= 0.6 is 0 Å². The van der Waals surface area contributed by atoms with E-state index < -0.39 is 0 Å². The van der Waals surface area contributed by atoms with Crippen LogP contribution in [0.15, 0.2) is 67.4 Å². The Hall–Kier alpha value is -3.65. The molecule has 5 heteroatoms. The Balaban J connectivity index is 1.96. The van der Waals surface area contributed by atoms with E-state index in [4.69, 9.17) is 5.26 Å². The van der Waals surface area contributed by atoms with Gasteiger partial charge in [-0.15, -0.1) is 0 Å². The van der Waals surface area contributed by atoms with Gasteiger partial charge in [-0.05, 0) is 54.5 Å². The lowest BCUT2D eigenvalue weighted by molar-refractivity contribution is -0.111. The average Bonchev–Trinajstić information content (AvgIpc) is 2.71. The number of carbonyl (C=O) groups excluding carboxylic acids is 1. The minimum atomic E-state index is -0.243. The predicted molar refractivity (Wildman–Crippen MR) is 109 cm³/mol. The summed E-state index contributed by atoms with van der Waals surface area (Å²) in [4.78, 5) is 16.0. The molecule has 1 amide bonds. The van der Waals surface area contributed by atoms with Crippen molar-refractivity contribution in [3.63, 3.8) is 0 Å². The molecule has 0 saturated heterocycles. The third-order valence-corrected chi connectivity index (χ3v) is 4.21. The lowest BCUT2D eigenvalue weighted by Crippen LogP contribution is -2.09. The number of benzene rings is 2. The molecule has 0 saturated carbocycles. The monoisotopic (exact) mass is 356 g/mol. The quantitative estimate of drug-likeness (QED) is 0.633. The van der Waals surface area contributed by atoms with Crippen LogP contribution in [0.4, 0.5) is 11.4 Å². The molecule has 2 aromatic carbocycles. The third kappa shape index (κ3) is 4.31. The summed E-state index contributed by atoms with van der Waals surface area (Å²) in [6.07, 6.45) is 3.00. The number of carbonyl (C=O) groups is 1. The maximum Gasteiger partial charge on any atom is 0.247 e. The normalized spacial score (nSPS) is 11.4. The van der Waals surface area contributed by atoms with Crippen LogP contribution in [-0.4, -0.2) is 17.4 Å². The Bertz CT molecular complexity index is 1040. The SMILES string of the molecule is C=CC(=O)Nc1cccc(-c2ccc3nccc(NCC(C)C#N)c3c2)c1. The van der Waals surface area contributed by atoms with Gasteiger partial charge in [-0.2, -0.15) is 5.26 Å². The van der Waals surface area contributed by atoms with Crippen LogP contribution in [0.25, 0.3) is 22.0 Å². The zero-order chi connectivity index (χ0) is 19.2. The first-order valence-corrected chi connectivity index (χ1v) is 8.67. The first kappa shape index (κ1) is 18.2. The number of pyridine rings is 1. The Morgan fingerprint density at radius 3 is 2.85 bits per heavy atom. The van der Waals surface area contributed by atoms with Gasteiger partial charge in [0, 0.05) is 29.5 Å². The van der Waals surface area contributed by atoms with Gasteiger partial charge in [0.2, 0.25) is 5.91 Å². The summed E-state index contributed by atoms with van der Waals surface area (Å²) in [6, 6.07) is 17.8. The lowest BCUT2D eigenvalue weighted by atomic mass is 10.0. The molecule has 1 heterocycles. The van der Waals surface area contributed by atoms with E-state index in [1.807, 2.05) is 49.4 Å². The van der Waals surface area contributed by atoms with Crippen LogP contribution in [0.1, 0.15) is 6.92 Å². The van der Waals surface area contributed by atoms with Crippen LogP contribution in [0.5, 0.6) is 0 Å². The van der Waals surface area contributed by atoms with Crippen molar-refractivity contribution in [1.29, 1.82) is 5.26 Å². The average molecular weight is 356 g/mol. The van der Waals surface area contributed by atoms with Crippen LogP contribution in [-0.2, 0) is 4.79 Å². The summed E-state index contributed by atoms with van der Waals surface area (Å²) in [5, 5.41) is 16.1. The fraction of sp³-hybridized carbons (Fsp3) is 0.136. The Labute approximate surface area is 158 Å². The first-order chi connectivity index (χ1) is 13.1. The number of fused-ring (bicyclic) bond motifs is 1. The lowest BCUT2D eigenvalue weighted by Gasteiger charge is -2.12. The molecule has 0 aliphatic carbocycles. The van der Waals surface area contributed by atoms with Crippen molar-refractivity contribution in [3.05, 3.63) is 67.4 Å². The molecule has 3 aromatic rings. The molecule has 1 atom stereocenters. The maximum absolute atomic E-state index is 11.5. The highest BCUT2D eigenvalue weighted by Crippen LogP contribution is 2.29. The highest BCUT2D eigenvalue weighted by atomic mass is 16.1. The van der Waals surface area contributed by atoms with E-state index in [1.165, 1.54) is 6.08 Å². The first-order valence-electron chi connectivity index (χ1n) is 8.67. The van der Waals surface area contributed by atoms with E-state index in [0.29, 0.717) is 12.2 Å². The van der Waals surface area contributed by atoms with Crippen LogP contribution in [0.3, 0.4) is 0 Å². The van der Waals surface area contributed by atoms with Crippen molar-refractivity contribution in [3.8, 4) is 17.2 Å². The molecule has 3 rings (SSSR count). The Morgan fingerprint density at radius 2 is 2.07 bits per heavy atom. The maximum atomic E-state index is 11.5. The van der Waals surface area contributed by atoms with Crippen molar-refractivity contribution in [1.82, 2.24) is 4.98 Å². The second-order valence-corrected chi connectivity index (χ2v) is 6.28. The fourth-order valence-electron chi connectivity index (χ4n) is 2.76. The zero-order valence-corrected chi connectivity index (χ0v) is 15.1. The topological polar surface area (TPSA) is 77.8 Å². The molecule has 134 valence electrons. The van der Waals surface area contributed by atoms with Crippen molar-refractivity contribution < 1.29 is 4.79 Å². The fourth-order valence-corrected chi connectivity index (χ4v) is 2.76. The van der Waals surface area contributed by atoms with Gasteiger partial charge in [0.25, 0.3) is 0 Å². The summed E-state index contributed by atoms with van der Waals surface area (Å²) in [6.45, 7) is 5.92. The van der Waals surface area contributed by atoms with Crippen molar-refractivity contribution in [2.24, 2.45) is 5.92 Å². The number of nitrogens with one attached hydrogen (secondary N) is 2. The summed E-state index contributed by atoms with van der Waals surface area (Å²) in [5.41, 5.74) is 4.54. The molecule has 1 unspecified atom stereocenters.